The van der Waals surface area contributed by atoms with Crippen LogP contribution in [-0.2, 0) is 0 Å². The van der Waals surface area contributed by atoms with Gasteiger partial charge in [-0.15, -0.1) is 10.2 Å². The third kappa shape index (κ3) is 2.70. The molecule has 0 saturated heterocycles. The zero-order valence-corrected chi connectivity index (χ0v) is 19.3. The van der Waals surface area contributed by atoms with Crippen molar-refractivity contribution in [2.45, 2.75) is 0 Å². The molecule has 0 fully saturated rings. The molecule has 2 heterocycles. The lowest BCUT2D eigenvalue weighted by Gasteiger charge is -2.11. The second kappa shape index (κ2) is 7.27. The second-order valence-electron chi connectivity index (χ2n) is 9.20. The fourth-order valence-corrected chi connectivity index (χ4v) is 5.52. The van der Waals surface area contributed by atoms with Crippen LogP contribution in [0.1, 0.15) is 0 Å². The average Bonchev–Trinajstić information content (AvgIpc) is 3.53. The van der Waals surface area contributed by atoms with E-state index in [1.54, 1.807) is 4.80 Å². The molecule has 8 aromatic rings. The maximum atomic E-state index is 4.95. The highest BCUT2D eigenvalue weighted by molar-refractivity contribution is 6.19. The second-order valence-corrected chi connectivity index (χ2v) is 9.20. The fourth-order valence-electron chi connectivity index (χ4n) is 5.52. The van der Waals surface area contributed by atoms with Crippen molar-refractivity contribution in [3.63, 3.8) is 0 Å². The standard InChI is InChI=1S/C32H20N4/c1-2-8-23(9-3-1)36-33-28-19-17-22-15-14-21-16-18-24(20-27(21)31(22)32(28)34-36)35-29-12-6-4-10-25(29)26-11-5-7-13-30(26)35/h1-20H. The average molecular weight is 461 g/mol. The van der Waals surface area contributed by atoms with Crippen LogP contribution in [0.2, 0.25) is 0 Å². The van der Waals surface area contributed by atoms with Crippen LogP contribution in [0.5, 0.6) is 0 Å². The van der Waals surface area contributed by atoms with Crippen LogP contribution in [0.25, 0.3) is 65.8 Å². The first-order chi connectivity index (χ1) is 17.8. The van der Waals surface area contributed by atoms with Crippen molar-refractivity contribution >= 4 is 54.4 Å². The lowest BCUT2D eigenvalue weighted by atomic mass is 10.00. The number of rotatable bonds is 2. The number of para-hydroxylation sites is 3. The van der Waals surface area contributed by atoms with E-state index in [1.165, 1.54) is 32.6 Å². The van der Waals surface area contributed by atoms with Gasteiger partial charge in [-0.05, 0) is 58.6 Å². The van der Waals surface area contributed by atoms with Crippen LogP contribution in [0.3, 0.4) is 0 Å². The van der Waals surface area contributed by atoms with E-state index in [-0.39, 0.29) is 0 Å². The molecule has 4 heteroatoms. The molecule has 0 bridgehead atoms. The van der Waals surface area contributed by atoms with Crippen LogP contribution in [0, 0.1) is 0 Å². The summed E-state index contributed by atoms with van der Waals surface area (Å²) in [6, 6.07) is 42.7. The van der Waals surface area contributed by atoms with Gasteiger partial charge in [0.05, 0.1) is 16.7 Å². The van der Waals surface area contributed by atoms with E-state index in [0.717, 1.165) is 33.2 Å². The lowest BCUT2D eigenvalue weighted by molar-refractivity contribution is 0.766. The number of nitrogens with zero attached hydrogens (tertiary/aromatic N) is 4. The number of hydrogen-bond acceptors (Lipinski definition) is 2. The quantitative estimate of drug-likeness (QED) is 0.247. The Bertz CT molecular complexity index is 2050. The van der Waals surface area contributed by atoms with Crippen molar-refractivity contribution in [3.05, 3.63) is 121 Å². The van der Waals surface area contributed by atoms with Gasteiger partial charge in [-0.1, -0.05) is 78.9 Å². The number of hydrogen-bond donors (Lipinski definition) is 0. The molecule has 8 rings (SSSR count). The molecule has 0 atom stereocenters. The normalized spacial score (nSPS) is 11.9. The van der Waals surface area contributed by atoms with Crippen LogP contribution >= 0.6 is 0 Å². The van der Waals surface area contributed by atoms with Gasteiger partial charge in [0.25, 0.3) is 0 Å². The van der Waals surface area contributed by atoms with Crippen LogP contribution < -0.4 is 0 Å². The van der Waals surface area contributed by atoms with E-state index in [1.807, 2.05) is 30.3 Å². The Labute approximate surface area is 206 Å². The highest BCUT2D eigenvalue weighted by Crippen LogP contribution is 2.36. The smallest absolute Gasteiger partial charge is 0.122 e. The zero-order chi connectivity index (χ0) is 23.6. The van der Waals surface area contributed by atoms with Crippen molar-refractivity contribution in [3.8, 4) is 11.4 Å². The van der Waals surface area contributed by atoms with Crippen molar-refractivity contribution in [2.24, 2.45) is 0 Å². The third-order valence-corrected chi connectivity index (χ3v) is 7.16. The highest BCUT2D eigenvalue weighted by atomic mass is 15.5. The van der Waals surface area contributed by atoms with E-state index in [9.17, 15) is 0 Å². The van der Waals surface area contributed by atoms with E-state index in [4.69, 9.17) is 10.2 Å². The third-order valence-electron chi connectivity index (χ3n) is 7.16. The summed E-state index contributed by atoms with van der Waals surface area (Å²) in [6.45, 7) is 0. The maximum absolute atomic E-state index is 4.95. The monoisotopic (exact) mass is 460 g/mol. The first-order valence-corrected chi connectivity index (χ1v) is 12.1. The maximum Gasteiger partial charge on any atom is 0.122 e. The fraction of sp³-hybridized carbons (Fsp3) is 0. The summed E-state index contributed by atoms with van der Waals surface area (Å²) < 4.78 is 2.36. The van der Waals surface area contributed by atoms with E-state index in [2.05, 4.69) is 95.6 Å². The molecule has 0 unspecified atom stereocenters. The minimum atomic E-state index is 0.890. The Morgan fingerprint density at radius 1 is 0.472 bits per heavy atom. The number of aromatic nitrogens is 4. The molecule has 2 aromatic heterocycles. The Balaban J connectivity index is 1.46. The van der Waals surface area contributed by atoms with Crippen molar-refractivity contribution < 1.29 is 0 Å². The van der Waals surface area contributed by atoms with Gasteiger partial charge in [-0.25, -0.2) is 0 Å². The minimum Gasteiger partial charge on any atom is -0.309 e. The Kier molecular flexibility index (Phi) is 3.91. The topological polar surface area (TPSA) is 35.6 Å². The summed E-state index contributed by atoms with van der Waals surface area (Å²) in [5.74, 6) is 0. The molecule has 0 spiro atoms. The van der Waals surface area contributed by atoms with Crippen LogP contribution in [0.4, 0.5) is 0 Å². The summed E-state index contributed by atoms with van der Waals surface area (Å²) >= 11 is 0. The SMILES string of the molecule is c1ccc(-n2nc3ccc4ccc5ccc(-n6c7ccccc7c7ccccc76)cc5c4c3n2)cc1. The molecule has 0 aliphatic heterocycles. The van der Waals surface area contributed by atoms with E-state index < -0.39 is 0 Å². The summed E-state index contributed by atoms with van der Waals surface area (Å²) in [6.07, 6.45) is 0. The van der Waals surface area contributed by atoms with Gasteiger partial charge in [0.15, 0.2) is 0 Å². The summed E-state index contributed by atoms with van der Waals surface area (Å²) in [5.41, 5.74) is 6.31. The van der Waals surface area contributed by atoms with Gasteiger partial charge in [0.1, 0.15) is 11.0 Å². The van der Waals surface area contributed by atoms with Gasteiger partial charge in [0.2, 0.25) is 0 Å². The molecule has 0 aliphatic rings. The Morgan fingerprint density at radius 3 is 1.89 bits per heavy atom. The van der Waals surface area contributed by atoms with Crippen molar-refractivity contribution in [1.82, 2.24) is 19.6 Å². The van der Waals surface area contributed by atoms with Crippen LogP contribution in [-0.4, -0.2) is 19.6 Å². The molecule has 0 radical (unpaired) electrons. The molecule has 6 aromatic carbocycles. The molecule has 36 heavy (non-hydrogen) atoms. The first kappa shape index (κ1) is 19.4. The molecule has 4 nitrogen and oxygen atoms in total. The van der Waals surface area contributed by atoms with Gasteiger partial charge in [0, 0.05) is 21.8 Å². The Morgan fingerprint density at radius 2 is 1.11 bits per heavy atom. The first-order valence-electron chi connectivity index (χ1n) is 12.1. The minimum absolute atomic E-state index is 0.890. The molecule has 0 aliphatic carbocycles. The van der Waals surface area contributed by atoms with Crippen molar-refractivity contribution in [2.75, 3.05) is 0 Å². The zero-order valence-electron chi connectivity index (χ0n) is 19.3. The lowest BCUT2D eigenvalue weighted by Crippen LogP contribution is -1.97. The van der Waals surface area contributed by atoms with Gasteiger partial charge in [-0.3, -0.25) is 0 Å². The summed E-state index contributed by atoms with van der Waals surface area (Å²) in [5, 5.41) is 16.9. The molecule has 0 amide bonds. The van der Waals surface area contributed by atoms with E-state index >= 15 is 0 Å². The molecular weight excluding hydrogens is 440 g/mol. The predicted octanol–water partition coefficient (Wildman–Crippen LogP) is 7.82. The number of benzene rings is 6. The molecule has 168 valence electrons. The largest absolute Gasteiger partial charge is 0.309 e. The Hall–Kier alpha value is -4.96. The predicted molar refractivity (Wildman–Crippen MR) is 148 cm³/mol. The van der Waals surface area contributed by atoms with Gasteiger partial charge >= 0.3 is 0 Å². The van der Waals surface area contributed by atoms with Gasteiger partial charge < -0.3 is 4.57 Å². The van der Waals surface area contributed by atoms with E-state index in [0.29, 0.717) is 0 Å². The molecular formula is C32H20N4. The van der Waals surface area contributed by atoms with Gasteiger partial charge in [-0.2, -0.15) is 4.80 Å². The number of fused-ring (bicyclic) bond motifs is 8. The molecule has 0 saturated carbocycles. The summed E-state index contributed by atoms with van der Waals surface area (Å²) in [7, 11) is 0. The molecule has 0 N–H and O–H groups in total. The highest BCUT2D eigenvalue weighted by Gasteiger charge is 2.15. The van der Waals surface area contributed by atoms with Crippen LogP contribution in [0.15, 0.2) is 121 Å². The summed E-state index contributed by atoms with van der Waals surface area (Å²) in [4.78, 5) is 1.74. The van der Waals surface area contributed by atoms with Crippen molar-refractivity contribution in [1.29, 1.82) is 0 Å².